The van der Waals surface area contributed by atoms with E-state index < -0.39 is 28.9 Å². The van der Waals surface area contributed by atoms with Crippen LogP contribution in [-0.4, -0.2) is 22.4 Å². The summed E-state index contributed by atoms with van der Waals surface area (Å²) in [6.07, 6.45) is -2.85. The molecule has 0 amide bonds. The number of hydrogen-bond acceptors (Lipinski definition) is 3. The summed E-state index contributed by atoms with van der Waals surface area (Å²) in [6, 6.07) is -0.837. The summed E-state index contributed by atoms with van der Waals surface area (Å²) in [4.78, 5) is 11.7. The van der Waals surface area contributed by atoms with Gasteiger partial charge in [0.25, 0.3) is 0 Å². The van der Waals surface area contributed by atoms with Crippen molar-refractivity contribution in [1.29, 1.82) is 0 Å². The van der Waals surface area contributed by atoms with Gasteiger partial charge in [0.2, 0.25) is 0 Å². The SMILES string of the molecule is Cc1c(Cl)c(C(F)(F)F)nn1C1CCCCOC1=O. The van der Waals surface area contributed by atoms with E-state index in [4.69, 9.17) is 16.3 Å². The summed E-state index contributed by atoms with van der Waals surface area (Å²) < 4.78 is 44.1. The van der Waals surface area contributed by atoms with E-state index in [1.54, 1.807) is 0 Å². The number of esters is 1. The highest BCUT2D eigenvalue weighted by Gasteiger charge is 2.40. The summed E-state index contributed by atoms with van der Waals surface area (Å²) in [5, 5.41) is 2.99. The topological polar surface area (TPSA) is 44.1 Å². The Morgan fingerprint density at radius 2 is 2.11 bits per heavy atom. The molecule has 1 atom stereocenters. The van der Waals surface area contributed by atoms with Crippen molar-refractivity contribution in [2.75, 3.05) is 6.61 Å². The molecule has 1 fully saturated rings. The molecule has 1 saturated heterocycles. The van der Waals surface area contributed by atoms with E-state index in [0.717, 1.165) is 4.68 Å². The number of carbonyl (C=O) groups is 1. The number of carbonyl (C=O) groups excluding carboxylic acids is 1. The van der Waals surface area contributed by atoms with E-state index in [2.05, 4.69) is 5.10 Å². The fourth-order valence-electron chi connectivity index (χ4n) is 2.03. The number of rotatable bonds is 1. The van der Waals surface area contributed by atoms with Gasteiger partial charge in [-0.05, 0) is 26.2 Å². The van der Waals surface area contributed by atoms with Crippen molar-refractivity contribution < 1.29 is 22.7 Å². The second kappa shape index (κ2) is 5.03. The van der Waals surface area contributed by atoms with Gasteiger partial charge in [0.1, 0.15) is 6.04 Å². The molecule has 2 rings (SSSR count). The molecule has 19 heavy (non-hydrogen) atoms. The van der Waals surface area contributed by atoms with Gasteiger partial charge in [-0.1, -0.05) is 11.6 Å². The minimum Gasteiger partial charge on any atom is -0.464 e. The Hall–Kier alpha value is -1.24. The first-order valence-electron chi connectivity index (χ1n) is 5.81. The van der Waals surface area contributed by atoms with Crippen LogP contribution < -0.4 is 0 Å². The molecule has 8 heteroatoms. The summed E-state index contributed by atoms with van der Waals surface area (Å²) >= 11 is 5.65. The molecule has 0 N–H and O–H groups in total. The quantitative estimate of drug-likeness (QED) is 0.748. The molecule has 2 heterocycles. The summed E-state index contributed by atoms with van der Waals surface area (Å²) in [5.74, 6) is -0.562. The van der Waals surface area contributed by atoms with Gasteiger partial charge in [-0.2, -0.15) is 18.3 Å². The molecule has 1 unspecified atom stereocenters. The Morgan fingerprint density at radius 1 is 1.42 bits per heavy atom. The van der Waals surface area contributed by atoms with E-state index >= 15 is 0 Å². The Balaban J connectivity index is 2.42. The Bertz CT molecular complexity index is 499. The molecule has 0 spiro atoms. The molecule has 0 aromatic carbocycles. The van der Waals surface area contributed by atoms with Crippen molar-refractivity contribution in [3.8, 4) is 0 Å². The third-order valence-electron chi connectivity index (χ3n) is 3.03. The van der Waals surface area contributed by atoms with E-state index in [1.165, 1.54) is 6.92 Å². The minimum atomic E-state index is -4.64. The third-order valence-corrected chi connectivity index (χ3v) is 3.48. The van der Waals surface area contributed by atoms with Crippen molar-refractivity contribution in [1.82, 2.24) is 9.78 Å². The van der Waals surface area contributed by atoms with Gasteiger partial charge >= 0.3 is 12.1 Å². The highest BCUT2D eigenvalue weighted by Crippen LogP contribution is 2.37. The lowest BCUT2D eigenvalue weighted by atomic mass is 10.1. The third kappa shape index (κ3) is 2.70. The number of ether oxygens (including phenoxy) is 1. The van der Waals surface area contributed by atoms with Crippen LogP contribution in [0, 0.1) is 6.92 Å². The fourth-order valence-corrected chi connectivity index (χ4v) is 2.26. The number of hydrogen-bond donors (Lipinski definition) is 0. The van der Waals surface area contributed by atoms with Crippen LogP contribution in [0.1, 0.15) is 36.7 Å². The number of nitrogens with zero attached hydrogens (tertiary/aromatic N) is 2. The molecule has 1 aromatic heterocycles. The molecular weight excluding hydrogens is 285 g/mol. The van der Waals surface area contributed by atoms with Crippen molar-refractivity contribution >= 4 is 17.6 Å². The molecular formula is C11H12ClF3N2O2. The van der Waals surface area contributed by atoms with Crippen LogP contribution >= 0.6 is 11.6 Å². The lowest BCUT2D eigenvalue weighted by Gasteiger charge is -2.14. The predicted molar refractivity (Wildman–Crippen MR) is 60.8 cm³/mol. The monoisotopic (exact) mass is 296 g/mol. The van der Waals surface area contributed by atoms with E-state index in [9.17, 15) is 18.0 Å². The summed E-state index contributed by atoms with van der Waals surface area (Å²) in [7, 11) is 0. The molecule has 0 saturated carbocycles. The maximum atomic E-state index is 12.7. The van der Waals surface area contributed by atoms with Gasteiger partial charge in [0.15, 0.2) is 5.69 Å². The maximum absolute atomic E-state index is 12.7. The lowest BCUT2D eigenvalue weighted by Crippen LogP contribution is -2.22. The Labute approximate surface area is 112 Å². The van der Waals surface area contributed by atoms with Gasteiger partial charge < -0.3 is 4.74 Å². The van der Waals surface area contributed by atoms with Crippen molar-refractivity contribution in [2.45, 2.75) is 38.4 Å². The zero-order valence-electron chi connectivity index (χ0n) is 10.1. The van der Waals surface area contributed by atoms with Crippen LogP contribution in [0.3, 0.4) is 0 Å². The largest absolute Gasteiger partial charge is 0.464 e. The van der Waals surface area contributed by atoms with Crippen molar-refractivity contribution in [3.63, 3.8) is 0 Å². The first-order chi connectivity index (χ1) is 8.82. The van der Waals surface area contributed by atoms with Crippen LogP contribution in [0.2, 0.25) is 5.02 Å². The van der Waals surface area contributed by atoms with Gasteiger partial charge in [0, 0.05) is 0 Å². The van der Waals surface area contributed by atoms with E-state index in [1.807, 2.05) is 0 Å². The second-order valence-electron chi connectivity index (χ2n) is 4.37. The number of aromatic nitrogens is 2. The molecule has 0 radical (unpaired) electrons. The fraction of sp³-hybridized carbons (Fsp3) is 0.636. The Morgan fingerprint density at radius 3 is 2.68 bits per heavy atom. The molecule has 106 valence electrons. The summed E-state index contributed by atoms with van der Waals surface area (Å²) in [5.41, 5.74) is -1.04. The minimum absolute atomic E-state index is 0.123. The average Bonchev–Trinajstić information content (AvgIpc) is 2.50. The van der Waals surface area contributed by atoms with Crippen molar-refractivity contribution in [2.24, 2.45) is 0 Å². The zero-order valence-corrected chi connectivity index (χ0v) is 10.9. The first kappa shape index (κ1) is 14.2. The van der Waals surface area contributed by atoms with E-state index in [-0.39, 0.29) is 12.3 Å². The Kier molecular flexibility index (Phi) is 3.75. The predicted octanol–water partition coefficient (Wildman–Crippen LogP) is 3.13. The highest BCUT2D eigenvalue weighted by molar-refractivity contribution is 6.32. The summed E-state index contributed by atoms with van der Waals surface area (Å²) in [6.45, 7) is 1.69. The molecule has 0 bridgehead atoms. The molecule has 1 aliphatic heterocycles. The van der Waals surface area contributed by atoms with Crippen LogP contribution in [0.25, 0.3) is 0 Å². The van der Waals surface area contributed by atoms with Gasteiger partial charge in [-0.25, -0.2) is 4.79 Å². The van der Waals surface area contributed by atoms with E-state index in [0.29, 0.717) is 19.3 Å². The standard InChI is InChI=1S/C11H12ClF3N2O2/c1-6-8(12)9(11(13,14)15)16-17(6)7-4-2-3-5-19-10(7)18/h7H,2-5H2,1H3. The van der Waals surface area contributed by atoms with Crippen LogP contribution in [0.15, 0.2) is 0 Å². The van der Waals surface area contributed by atoms with Gasteiger partial charge in [-0.15, -0.1) is 0 Å². The number of alkyl halides is 3. The number of halogens is 4. The van der Waals surface area contributed by atoms with Crippen LogP contribution in [-0.2, 0) is 15.7 Å². The highest BCUT2D eigenvalue weighted by atomic mass is 35.5. The van der Waals surface area contributed by atoms with Gasteiger partial charge in [0.05, 0.1) is 17.3 Å². The first-order valence-corrected chi connectivity index (χ1v) is 6.18. The van der Waals surface area contributed by atoms with Gasteiger partial charge in [-0.3, -0.25) is 4.68 Å². The average molecular weight is 297 g/mol. The van der Waals surface area contributed by atoms with Crippen molar-refractivity contribution in [3.05, 3.63) is 16.4 Å². The molecule has 1 aliphatic rings. The smallest absolute Gasteiger partial charge is 0.436 e. The lowest BCUT2D eigenvalue weighted by molar-refractivity contribution is -0.148. The maximum Gasteiger partial charge on any atom is 0.436 e. The second-order valence-corrected chi connectivity index (χ2v) is 4.75. The molecule has 0 aliphatic carbocycles. The zero-order chi connectivity index (χ0) is 14.2. The van der Waals surface area contributed by atoms with Crippen LogP contribution in [0.4, 0.5) is 13.2 Å². The molecule has 4 nitrogen and oxygen atoms in total. The molecule has 1 aromatic rings. The van der Waals surface area contributed by atoms with Crippen LogP contribution in [0.5, 0.6) is 0 Å². The number of cyclic esters (lactones) is 1. The normalized spacial score (nSPS) is 21.1.